The van der Waals surface area contributed by atoms with Crippen LogP contribution in [0.2, 0.25) is 0 Å². The molecular formula is C22H22O6. The average molecular weight is 382 g/mol. The van der Waals surface area contributed by atoms with Gasteiger partial charge in [0.15, 0.2) is 11.5 Å². The maximum absolute atomic E-state index is 12.0. The van der Waals surface area contributed by atoms with Gasteiger partial charge >= 0.3 is 17.9 Å². The Hall–Kier alpha value is -3.41. The Morgan fingerprint density at radius 3 is 2.00 bits per heavy atom. The third-order valence-electron chi connectivity index (χ3n) is 3.65. The van der Waals surface area contributed by atoms with Crippen LogP contribution in [0.4, 0.5) is 0 Å². The number of hydrogen-bond donors (Lipinski definition) is 0. The van der Waals surface area contributed by atoms with Gasteiger partial charge in [-0.1, -0.05) is 32.0 Å². The van der Waals surface area contributed by atoms with Crippen LogP contribution < -0.4 is 14.2 Å². The van der Waals surface area contributed by atoms with E-state index in [-0.39, 0.29) is 11.5 Å². The van der Waals surface area contributed by atoms with Crippen molar-refractivity contribution in [2.24, 2.45) is 0 Å². The Balaban J connectivity index is 2.10. The van der Waals surface area contributed by atoms with E-state index in [1.54, 1.807) is 18.2 Å². The van der Waals surface area contributed by atoms with Crippen LogP contribution in [-0.2, 0) is 14.4 Å². The minimum atomic E-state index is -0.557. The van der Waals surface area contributed by atoms with Crippen molar-refractivity contribution in [3.63, 3.8) is 0 Å². The van der Waals surface area contributed by atoms with Crippen molar-refractivity contribution in [1.82, 2.24) is 0 Å². The third kappa shape index (κ3) is 6.39. The Kier molecular flexibility index (Phi) is 7.09. The van der Waals surface area contributed by atoms with Gasteiger partial charge in [-0.05, 0) is 47.4 Å². The molecule has 0 atom stereocenters. The van der Waals surface area contributed by atoms with Gasteiger partial charge in [-0.15, -0.1) is 0 Å². The van der Waals surface area contributed by atoms with Crippen LogP contribution in [0, 0.1) is 0 Å². The normalized spacial score (nSPS) is 10.8. The monoisotopic (exact) mass is 382 g/mol. The molecule has 0 bridgehead atoms. The highest BCUT2D eigenvalue weighted by atomic mass is 16.6. The van der Waals surface area contributed by atoms with Gasteiger partial charge in [0.05, 0.1) is 0 Å². The second-order valence-electron chi connectivity index (χ2n) is 6.37. The topological polar surface area (TPSA) is 78.9 Å². The van der Waals surface area contributed by atoms with Gasteiger partial charge in [0.25, 0.3) is 0 Å². The van der Waals surface area contributed by atoms with Crippen molar-refractivity contribution in [3.05, 3.63) is 59.7 Å². The predicted molar refractivity (Wildman–Crippen MR) is 104 cm³/mol. The Labute approximate surface area is 163 Å². The molecule has 0 aliphatic heterocycles. The molecule has 0 radical (unpaired) electrons. The predicted octanol–water partition coefficient (Wildman–Crippen LogP) is 4.28. The van der Waals surface area contributed by atoms with E-state index in [9.17, 15) is 14.4 Å². The van der Waals surface area contributed by atoms with Crippen molar-refractivity contribution >= 4 is 24.0 Å². The van der Waals surface area contributed by atoms with Gasteiger partial charge in [0, 0.05) is 19.9 Å². The number of hydrogen-bond acceptors (Lipinski definition) is 6. The fourth-order valence-corrected chi connectivity index (χ4v) is 2.34. The summed E-state index contributed by atoms with van der Waals surface area (Å²) in [4.78, 5) is 34.4. The van der Waals surface area contributed by atoms with E-state index in [0.29, 0.717) is 17.2 Å². The first-order valence-corrected chi connectivity index (χ1v) is 8.75. The number of ether oxygens (including phenoxy) is 3. The van der Waals surface area contributed by atoms with Crippen LogP contribution in [0.3, 0.4) is 0 Å². The summed E-state index contributed by atoms with van der Waals surface area (Å²) in [7, 11) is 0. The number of rotatable bonds is 6. The van der Waals surface area contributed by atoms with Crippen LogP contribution >= 0.6 is 0 Å². The maximum Gasteiger partial charge on any atom is 0.336 e. The zero-order valence-electron chi connectivity index (χ0n) is 16.2. The average Bonchev–Trinajstić information content (AvgIpc) is 2.61. The molecule has 6 nitrogen and oxygen atoms in total. The molecular weight excluding hydrogens is 360 g/mol. The summed E-state index contributed by atoms with van der Waals surface area (Å²) in [5.74, 6) is -0.594. The maximum atomic E-state index is 12.0. The highest BCUT2D eigenvalue weighted by molar-refractivity contribution is 5.89. The Morgan fingerprint density at radius 1 is 0.821 bits per heavy atom. The Morgan fingerprint density at radius 2 is 1.43 bits per heavy atom. The number of benzene rings is 2. The van der Waals surface area contributed by atoms with Crippen molar-refractivity contribution < 1.29 is 28.6 Å². The zero-order valence-corrected chi connectivity index (χ0v) is 16.2. The third-order valence-corrected chi connectivity index (χ3v) is 3.65. The molecule has 28 heavy (non-hydrogen) atoms. The summed E-state index contributed by atoms with van der Waals surface area (Å²) in [5, 5.41) is 0. The lowest BCUT2D eigenvalue weighted by atomic mass is 10.0. The molecule has 0 fully saturated rings. The molecule has 0 saturated heterocycles. The molecule has 0 unspecified atom stereocenters. The highest BCUT2D eigenvalue weighted by Gasteiger charge is 2.11. The van der Waals surface area contributed by atoms with Gasteiger partial charge in [-0.2, -0.15) is 0 Å². The number of carbonyl (C=O) groups is 3. The fraction of sp³-hybridized carbons (Fsp3) is 0.227. The first-order valence-electron chi connectivity index (χ1n) is 8.75. The largest absolute Gasteiger partial charge is 0.423 e. The minimum Gasteiger partial charge on any atom is -0.423 e. The summed E-state index contributed by atoms with van der Waals surface area (Å²) in [6, 6.07) is 11.9. The summed E-state index contributed by atoms with van der Waals surface area (Å²) in [6.07, 6.45) is 2.77. The summed E-state index contributed by atoms with van der Waals surface area (Å²) in [5.41, 5.74) is 1.72. The lowest BCUT2D eigenvalue weighted by molar-refractivity contribution is -0.134. The summed E-state index contributed by atoms with van der Waals surface area (Å²) in [6.45, 7) is 6.65. The van der Waals surface area contributed by atoms with Crippen molar-refractivity contribution in [2.75, 3.05) is 0 Å². The van der Waals surface area contributed by atoms with Crippen LogP contribution in [0.15, 0.2) is 48.5 Å². The number of carbonyl (C=O) groups excluding carboxylic acids is 3. The molecule has 0 aromatic heterocycles. The second kappa shape index (κ2) is 9.50. The molecule has 0 saturated carbocycles. The molecule has 0 aliphatic rings. The Bertz CT molecular complexity index is 894. The first-order chi connectivity index (χ1) is 13.2. The van der Waals surface area contributed by atoms with E-state index < -0.39 is 17.9 Å². The summed E-state index contributed by atoms with van der Waals surface area (Å²) < 4.78 is 15.3. The molecule has 2 rings (SSSR count). The standard InChI is InChI=1S/C22H22O6/c1-14(2)18-7-9-19(10-8-18)28-22(25)12-6-17-5-11-20(26-15(3)23)21(13-17)27-16(4)24/h5-14H,1-4H3/b12-6+. The minimum absolute atomic E-state index is 0.0856. The quantitative estimate of drug-likeness (QED) is 0.421. The molecule has 6 heteroatoms. The zero-order chi connectivity index (χ0) is 20.7. The van der Waals surface area contributed by atoms with E-state index >= 15 is 0 Å². The molecule has 2 aromatic carbocycles. The molecule has 146 valence electrons. The van der Waals surface area contributed by atoms with Gasteiger partial charge in [-0.3, -0.25) is 9.59 Å². The van der Waals surface area contributed by atoms with Crippen LogP contribution in [0.25, 0.3) is 6.08 Å². The fourth-order valence-electron chi connectivity index (χ4n) is 2.34. The van der Waals surface area contributed by atoms with Gasteiger partial charge in [-0.25, -0.2) is 4.79 Å². The lowest BCUT2D eigenvalue weighted by Gasteiger charge is -2.09. The molecule has 0 N–H and O–H groups in total. The first kappa shape index (κ1) is 20.9. The van der Waals surface area contributed by atoms with Gasteiger partial charge in [0.1, 0.15) is 5.75 Å². The molecule has 0 aliphatic carbocycles. The van der Waals surface area contributed by atoms with Crippen LogP contribution in [0.5, 0.6) is 17.2 Å². The highest BCUT2D eigenvalue weighted by Crippen LogP contribution is 2.29. The van der Waals surface area contributed by atoms with Gasteiger partial charge in [0.2, 0.25) is 0 Å². The van der Waals surface area contributed by atoms with E-state index in [1.165, 1.54) is 38.1 Å². The van der Waals surface area contributed by atoms with Crippen LogP contribution in [-0.4, -0.2) is 17.9 Å². The number of esters is 3. The molecule has 0 amide bonds. The van der Waals surface area contributed by atoms with Crippen molar-refractivity contribution in [3.8, 4) is 17.2 Å². The van der Waals surface area contributed by atoms with Crippen LogP contribution in [0.1, 0.15) is 44.7 Å². The summed E-state index contributed by atoms with van der Waals surface area (Å²) >= 11 is 0. The second-order valence-corrected chi connectivity index (χ2v) is 6.37. The SMILES string of the molecule is CC(=O)Oc1ccc(/C=C/C(=O)Oc2ccc(C(C)C)cc2)cc1OC(C)=O. The van der Waals surface area contributed by atoms with E-state index in [0.717, 1.165) is 5.56 Å². The molecule has 0 spiro atoms. The molecule has 0 heterocycles. The van der Waals surface area contributed by atoms with Crippen molar-refractivity contribution in [1.29, 1.82) is 0 Å². The van der Waals surface area contributed by atoms with Gasteiger partial charge < -0.3 is 14.2 Å². The smallest absolute Gasteiger partial charge is 0.336 e. The van der Waals surface area contributed by atoms with E-state index in [2.05, 4.69) is 13.8 Å². The van der Waals surface area contributed by atoms with E-state index in [1.807, 2.05) is 12.1 Å². The lowest BCUT2D eigenvalue weighted by Crippen LogP contribution is -2.07. The van der Waals surface area contributed by atoms with E-state index in [4.69, 9.17) is 14.2 Å². The molecule has 2 aromatic rings. The van der Waals surface area contributed by atoms with Crippen molar-refractivity contribution in [2.45, 2.75) is 33.6 Å².